The maximum Gasteiger partial charge on any atom is 0.328 e. The van der Waals surface area contributed by atoms with Crippen LogP contribution in [0.3, 0.4) is 0 Å². The molecule has 6 nitrogen and oxygen atoms in total. The predicted molar refractivity (Wildman–Crippen MR) is 84.6 cm³/mol. The molecule has 0 aliphatic carbocycles. The van der Waals surface area contributed by atoms with Crippen molar-refractivity contribution in [2.24, 2.45) is 0 Å². The highest BCUT2D eigenvalue weighted by atomic mass is 16.5. The zero-order chi connectivity index (χ0) is 17.0. The van der Waals surface area contributed by atoms with Crippen LogP contribution in [-0.2, 0) is 19.7 Å². The van der Waals surface area contributed by atoms with E-state index in [0.717, 1.165) is 5.56 Å². The summed E-state index contributed by atoms with van der Waals surface area (Å²) in [6.45, 7) is 6.64. The van der Waals surface area contributed by atoms with Gasteiger partial charge in [-0.25, -0.2) is 4.79 Å². The topological polar surface area (TPSA) is 76.1 Å². The molecule has 1 aromatic carbocycles. The lowest BCUT2D eigenvalue weighted by Gasteiger charge is -2.33. The van der Waals surface area contributed by atoms with Gasteiger partial charge in [0.2, 0.25) is 0 Å². The maximum absolute atomic E-state index is 12.3. The average Bonchev–Trinajstić information content (AvgIpc) is 2.52. The number of carboxylic acids is 1. The van der Waals surface area contributed by atoms with E-state index in [1.807, 2.05) is 24.3 Å². The highest BCUT2D eigenvalue weighted by Gasteiger charge is 2.33. The molecule has 126 valence electrons. The molecule has 1 atom stereocenters. The Labute approximate surface area is 136 Å². The van der Waals surface area contributed by atoms with Crippen LogP contribution in [0.25, 0.3) is 0 Å². The van der Waals surface area contributed by atoms with Crippen molar-refractivity contribution < 1.29 is 24.2 Å². The standard InChI is InChI=1S/C17H23NO5/c1-17(2,3)12-6-4-5-7-14(12)23-11-15(19)18-8-9-22-10-13(18)16(20)21/h4-7,13H,8-11H2,1-3H3,(H,20,21). The number of aliphatic carboxylic acids is 1. The number of ether oxygens (including phenoxy) is 2. The van der Waals surface area contributed by atoms with Crippen molar-refractivity contribution in [1.29, 1.82) is 0 Å². The number of carbonyl (C=O) groups excluding carboxylic acids is 1. The largest absolute Gasteiger partial charge is 0.483 e. The molecule has 6 heteroatoms. The van der Waals surface area contributed by atoms with Crippen molar-refractivity contribution in [3.8, 4) is 5.75 Å². The van der Waals surface area contributed by atoms with Crippen molar-refractivity contribution in [3.63, 3.8) is 0 Å². The number of amides is 1. The third-order valence-electron chi connectivity index (χ3n) is 3.78. The van der Waals surface area contributed by atoms with Gasteiger partial charge in [-0.1, -0.05) is 39.0 Å². The summed E-state index contributed by atoms with van der Waals surface area (Å²) in [7, 11) is 0. The Balaban J connectivity index is 2.06. The second kappa shape index (κ2) is 7.00. The van der Waals surface area contributed by atoms with E-state index in [-0.39, 0.29) is 31.1 Å². The van der Waals surface area contributed by atoms with Crippen molar-refractivity contribution >= 4 is 11.9 Å². The number of carboxylic acid groups (broad SMARTS) is 1. The first-order valence-electron chi connectivity index (χ1n) is 7.63. The molecule has 0 spiro atoms. The molecule has 1 amide bonds. The molecular weight excluding hydrogens is 298 g/mol. The summed E-state index contributed by atoms with van der Waals surface area (Å²) in [6.07, 6.45) is 0. The van der Waals surface area contributed by atoms with E-state index in [1.165, 1.54) is 4.90 Å². The maximum atomic E-state index is 12.3. The van der Waals surface area contributed by atoms with E-state index in [9.17, 15) is 14.7 Å². The Morgan fingerprint density at radius 1 is 1.35 bits per heavy atom. The first-order valence-corrected chi connectivity index (χ1v) is 7.63. The van der Waals surface area contributed by atoms with Crippen LogP contribution in [0.1, 0.15) is 26.3 Å². The Morgan fingerprint density at radius 2 is 2.04 bits per heavy atom. The van der Waals surface area contributed by atoms with Gasteiger partial charge in [0.25, 0.3) is 5.91 Å². The van der Waals surface area contributed by atoms with Gasteiger partial charge in [0.1, 0.15) is 5.75 Å². The van der Waals surface area contributed by atoms with Crippen LogP contribution in [0.15, 0.2) is 24.3 Å². The molecule has 1 fully saturated rings. The van der Waals surface area contributed by atoms with E-state index in [0.29, 0.717) is 12.4 Å². The number of carbonyl (C=O) groups is 2. The minimum atomic E-state index is -1.06. The normalized spacial score (nSPS) is 18.6. The van der Waals surface area contributed by atoms with Gasteiger partial charge in [-0.3, -0.25) is 4.79 Å². The van der Waals surface area contributed by atoms with Gasteiger partial charge >= 0.3 is 5.97 Å². The van der Waals surface area contributed by atoms with E-state index in [4.69, 9.17) is 9.47 Å². The molecule has 1 unspecified atom stereocenters. The van der Waals surface area contributed by atoms with Gasteiger partial charge < -0.3 is 19.5 Å². The van der Waals surface area contributed by atoms with Gasteiger partial charge in [-0.2, -0.15) is 0 Å². The fourth-order valence-corrected chi connectivity index (χ4v) is 2.54. The van der Waals surface area contributed by atoms with Crippen LogP contribution in [0.4, 0.5) is 0 Å². The zero-order valence-corrected chi connectivity index (χ0v) is 13.7. The second-order valence-electron chi connectivity index (χ2n) is 6.55. The Kier molecular flexibility index (Phi) is 5.26. The Bertz CT molecular complexity index is 579. The highest BCUT2D eigenvalue weighted by Crippen LogP contribution is 2.30. The summed E-state index contributed by atoms with van der Waals surface area (Å²) >= 11 is 0. The quantitative estimate of drug-likeness (QED) is 0.913. The first kappa shape index (κ1) is 17.3. The van der Waals surface area contributed by atoms with Crippen molar-refractivity contribution in [2.45, 2.75) is 32.2 Å². The molecule has 1 saturated heterocycles. The summed E-state index contributed by atoms with van der Waals surface area (Å²) in [5.74, 6) is -0.758. The smallest absolute Gasteiger partial charge is 0.328 e. The molecule has 2 rings (SSSR count). The van der Waals surface area contributed by atoms with E-state index < -0.39 is 12.0 Å². The molecule has 0 saturated carbocycles. The van der Waals surface area contributed by atoms with Crippen LogP contribution >= 0.6 is 0 Å². The summed E-state index contributed by atoms with van der Waals surface area (Å²) in [5.41, 5.74) is 0.895. The van der Waals surface area contributed by atoms with Crippen molar-refractivity contribution in [2.75, 3.05) is 26.4 Å². The molecule has 1 heterocycles. The van der Waals surface area contributed by atoms with E-state index >= 15 is 0 Å². The molecule has 1 aromatic rings. The van der Waals surface area contributed by atoms with E-state index in [2.05, 4.69) is 20.8 Å². The second-order valence-corrected chi connectivity index (χ2v) is 6.55. The molecular formula is C17H23NO5. The monoisotopic (exact) mass is 321 g/mol. The SMILES string of the molecule is CC(C)(C)c1ccccc1OCC(=O)N1CCOCC1C(=O)O. The lowest BCUT2D eigenvalue weighted by atomic mass is 9.86. The molecule has 0 bridgehead atoms. The lowest BCUT2D eigenvalue weighted by Crippen LogP contribution is -2.53. The van der Waals surface area contributed by atoms with Crippen molar-refractivity contribution in [3.05, 3.63) is 29.8 Å². The van der Waals surface area contributed by atoms with Crippen LogP contribution in [-0.4, -0.2) is 54.3 Å². The predicted octanol–water partition coefficient (Wildman–Crippen LogP) is 1.67. The number of nitrogens with zero attached hydrogens (tertiary/aromatic N) is 1. The van der Waals surface area contributed by atoms with Crippen molar-refractivity contribution in [1.82, 2.24) is 4.90 Å². The van der Waals surface area contributed by atoms with Crippen LogP contribution < -0.4 is 4.74 Å². The number of rotatable bonds is 4. The molecule has 1 aliphatic rings. The molecule has 0 aromatic heterocycles. The number of benzene rings is 1. The minimum absolute atomic E-state index is 0.0135. The average molecular weight is 321 g/mol. The molecule has 1 aliphatic heterocycles. The Hall–Kier alpha value is -2.08. The fourth-order valence-electron chi connectivity index (χ4n) is 2.54. The van der Waals surface area contributed by atoms with Crippen LogP contribution in [0.5, 0.6) is 5.75 Å². The number of hydrogen-bond donors (Lipinski definition) is 1. The molecule has 23 heavy (non-hydrogen) atoms. The van der Waals surface area contributed by atoms with Crippen LogP contribution in [0, 0.1) is 0 Å². The minimum Gasteiger partial charge on any atom is -0.483 e. The van der Waals surface area contributed by atoms with Gasteiger partial charge in [-0.05, 0) is 17.0 Å². The summed E-state index contributed by atoms with van der Waals surface area (Å²) in [5, 5.41) is 9.18. The molecule has 1 N–H and O–H groups in total. The number of morpholine rings is 1. The van der Waals surface area contributed by atoms with Gasteiger partial charge in [0, 0.05) is 6.54 Å². The van der Waals surface area contributed by atoms with Gasteiger partial charge in [0.05, 0.1) is 13.2 Å². The van der Waals surface area contributed by atoms with Gasteiger partial charge in [-0.15, -0.1) is 0 Å². The number of hydrogen-bond acceptors (Lipinski definition) is 4. The summed E-state index contributed by atoms with van der Waals surface area (Å²) in [6, 6.07) is 6.62. The highest BCUT2D eigenvalue weighted by molar-refractivity contribution is 5.84. The Morgan fingerprint density at radius 3 is 2.70 bits per heavy atom. The lowest BCUT2D eigenvalue weighted by molar-refractivity contribution is -0.159. The summed E-state index contributed by atoms with van der Waals surface area (Å²) in [4.78, 5) is 24.9. The van der Waals surface area contributed by atoms with Crippen LogP contribution in [0.2, 0.25) is 0 Å². The third kappa shape index (κ3) is 4.22. The number of para-hydroxylation sites is 1. The van der Waals surface area contributed by atoms with Gasteiger partial charge in [0.15, 0.2) is 12.6 Å². The fraction of sp³-hybridized carbons (Fsp3) is 0.529. The zero-order valence-electron chi connectivity index (χ0n) is 13.7. The molecule has 0 radical (unpaired) electrons. The van der Waals surface area contributed by atoms with E-state index in [1.54, 1.807) is 0 Å². The first-order chi connectivity index (χ1) is 10.8. The summed E-state index contributed by atoms with van der Waals surface area (Å²) < 4.78 is 10.8. The third-order valence-corrected chi connectivity index (χ3v) is 3.78.